The molecule has 0 saturated carbocycles. The highest BCUT2D eigenvalue weighted by Crippen LogP contribution is 2.25. The molecule has 0 aliphatic heterocycles. The van der Waals surface area contributed by atoms with E-state index in [9.17, 15) is 0 Å². The normalized spacial score (nSPS) is 10.9. The van der Waals surface area contributed by atoms with E-state index in [1.165, 1.54) is 0 Å². The van der Waals surface area contributed by atoms with E-state index < -0.39 is 0 Å². The molecule has 0 saturated heterocycles. The van der Waals surface area contributed by atoms with E-state index in [1.807, 2.05) is 36.4 Å². The fourth-order valence-corrected chi connectivity index (χ4v) is 2.08. The summed E-state index contributed by atoms with van der Waals surface area (Å²) in [5, 5.41) is 2.85. The maximum atomic E-state index is 5.96. The Morgan fingerprint density at radius 3 is 2.65 bits per heavy atom. The smallest absolute Gasteiger partial charge is 0.119 e. The first-order valence-electron chi connectivity index (χ1n) is 5.30. The van der Waals surface area contributed by atoms with Gasteiger partial charge in [-0.15, -0.1) is 0 Å². The molecule has 0 aliphatic carbocycles. The van der Waals surface area contributed by atoms with Gasteiger partial charge >= 0.3 is 0 Å². The summed E-state index contributed by atoms with van der Waals surface area (Å²) in [4.78, 5) is 4.57. The fraction of sp³-hybridized carbons (Fsp3) is 0.0714. The summed E-state index contributed by atoms with van der Waals surface area (Å²) in [7, 11) is 1.66. The molecule has 0 unspecified atom stereocenters. The number of methoxy groups -OCH3 is 1. The molecule has 0 spiro atoms. The SMILES string of the molecule is COc1ccc2nc3cc(Cl)ccc3cc2c1. The third kappa shape index (κ3) is 1.81. The van der Waals surface area contributed by atoms with Crippen LogP contribution in [-0.4, -0.2) is 12.1 Å². The molecule has 2 nitrogen and oxygen atoms in total. The van der Waals surface area contributed by atoms with E-state index in [4.69, 9.17) is 16.3 Å². The van der Waals surface area contributed by atoms with Crippen LogP contribution in [0.1, 0.15) is 0 Å². The van der Waals surface area contributed by atoms with Gasteiger partial charge in [-0.2, -0.15) is 0 Å². The lowest BCUT2D eigenvalue weighted by atomic mass is 10.1. The molecular formula is C14H10ClNO. The van der Waals surface area contributed by atoms with Crippen LogP contribution >= 0.6 is 11.6 Å². The topological polar surface area (TPSA) is 22.1 Å². The number of aromatic nitrogens is 1. The van der Waals surface area contributed by atoms with Gasteiger partial charge in [0.15, 0.2) is 0 Å². The number of fused-ring (bicyclic) bond motifs is 2. The molecule has 0 N–H and O–H groups in total. The number of rotatable bonds is 1. The van der Waals surface area contributed by atoms with E-state index in [2.05, 4.69) is 11.1 Å². The predicted octanol–water partition coefficient (Wildman–Crippen LogP) is 4.05. The summed E-state index contributed by atoms with van der Waals surface area (Å²) >= 11 is 5.96. The van der Waals surface area contributed by atoms with Crippen molar-refractivity contribution in [3.63, 3.8) is 0 Å². The zero-order valence-corrected chi connectivity index (χ0v) is 10.0. The zero-order valence-electron chi connectivity index (χ0n) is 9.27. The molecule has 0 bridgehead atoms. The molecule has 0 aliphatic rings. The van der Waals surface area contributed by atoms with Gasteiger partial charge in [-0.3, -0.25) is 0 Å². The summed E-state index contributed by atoms with van der Waals surface area (Å²) in [6, 6.07) is 13.7. The number of nitrogens with zero attached hydrogens (tertiary/aromatic N) is 1. The molecule has 0 fully saturated rings. The summed E-state index contributed by atoms with van der Waals surface area (Å²) in [5.74, 6) is 0.840. The second-order valence-corrected chi connectivity index (χ2v) is 4.32. The highest BCUT2D eigenvalue weighted by molar-refractivity contribution is 6.31. The van der Waals surface area contributed by atoms with Gasteiger partial charge < -0.3 is 4.74 Å². The van der Waals surface area contributed by atoms with Crippen LogP contribution < -0.4 is 4.74 Å². The molecule has 84 valence electrons. The van der Waals surface area contributed by atoms with E-state index >= 15 is 0 Å². The molecule has 1 heterocycles. The van der Waals surface area contributed by atoms with Crippen molar-refractivity contribution in [2.75, 3.05) is 7.11 Å². The quantitative estimate of drug-likeness (QED) is 0.602. The maximum Gasteiger partial charge on any atom is 0.119 e. The lowest BCUT2D eigenvalue weighted by Crippen LogP contribution is -1.85. The van der Waals surface area contributed by atoms with E-state index in [1.54, 1.807) is 7.11 Å². The lowest BCUT2D eigenvalue weighted by Gasteiger charge is -2.04. The van der Waals surface area contributed by atoms with Crippen LogP contribution in [0.4, 0.5) is 0 Å². The standard InChI is InChI=1S/C14H10ClNO/c1-17-12-4-5-13-10(7-12)6-9-2-3-11(15)8-14(9)16-13/h2-8H,1H3. The van der Waals surface area contributed by atoms with Crippen molar-refractivity contribution < 1.29 is 4.74 Å². The van der Waals surface area contributed by atoms with Gasteiger partial charge in [-0.1, -0.05) is 17.7 Å². The molecule has 0 atom stereocenters. The van der Waals surface area contributed by atoms with Gasteiger partial charge in [0.2, 0.25) is 0 Å². The van der Waals surface area contributed by atoms with Crippen LogP contribution in [-0.2, 0) is 0 Å². The average molecular weight is 244 g/mol. The summed E-state index contributed by atoms with van der Waals surface area (Å²) in [5.41, 5.74) is 1.86. The van der Waals surface area contributed by atoms with E-state index in [0.29, 0.717) is 5.02 Å². The van der Waals surface area contributed by atoms with Crippen molar-refractivity contribution in [3.8, 4) is 5.75 Å². The van der Waals surface area contributed by atoms with Gasteiger partial charge in [0.25, 0.3) is 0 Å². The average Bonchev–Trinajstić information content (AvgIpc) is 2.35. The van der Waals surface area contributed by atoms with Crippen LogP contribution in [0, 0.1) is 0 Å². The highest BCUT2D eigenvalue weighted by atomic mass is 35.5. The zero-order chi connectivity index (χ0) is 11.8. The van der Waals surface area contributed by atoms with Gasteiger partial charge in [0.05, 0.1) is 18.1 Å². The van der Waals surface area contributed by atoms with Crippen molar-refractivity contribution in [1.82, 2.24) is 4.98 Å². The Bertz CT molecular complexity index is 709. The molecule has 3 heteroatoms. The van der Waals surface area contributed by atoms with Gasteiger partial charge in [-0.05, 0) is 36.4 Å². The molecular weight excluding hydrogens is 234 g/mol. The van der Waals surface area contributed by atoms with Crippen molar-refractivity contribution >= 4 is 33.4 Å². The molecule has 3 rings (SSSR count). The predicted molar refractivity (Wildman–Crippen MR) is 70.8 cm³/mol. The molecule has 3 aromatic rings. The van der Waals surface area contributed by atoms with Crippen molar-refractivity contribution in [1.29, 1.82) is 0 Å². The van der Waals surface area contributed by atoms with Crippen LogP contribution in [0.3, 0.4) is 0 Å². The fourth-order valence-electron chi connectivity index (χ4n) is 1.91. The molecule has 17 heavy (non-hydrogen) atoms. The Kier molecular flexibility index (Phi) is 2.37. The molecule has 0 radical (unpaired) electrons. The van der Waals surface area contributed by atoms with Crippen LogP contribution in [0.5, 0.6) is 5.75 Å². The second-order valence-electron chi connectivity index (χ2n) is 3.88. The van der Waals surface area contributed by atoms with Gasteiger partial charge in [-0.25, -0.2) is 4.98 Å². The maximum absolute atomic E-state index is 5.96. The Labute approximate surface area is 104 Å². The Morgan fingerprint density at radius 2 is 1.82 bits per heavy atom. The van der Waals surface area contributed by atoms with Crippen molar-refractivity contribution in [2.45, 2.75) is 0 Å². The first kappa shape index (κ1) is 10.4. The third-order valence-corrected chi connectivity index (χ3v) is 3.01. The van der Waals surface area contributed by atoms with Gasteiger partial charge in [0.1, 0.15) is 5.75 Å². The van der Waals surface area contributed by atoms with E-state index in [-0.39, 0.29) is 0 Å². The summed E-state index contributed by atoms with van der Waals surface area (Å²) < 4.78 is 5.20. The minimum atomic E-state index is 0.706. The second kappa shape index (κ2) is 3.90. The molecule has 0 amide bonds. The number of ether oxygens (including phenoxy) is 1. The number of halogens is 1. The highest BCUT2D eigenvalue weighted by Gasteiger charge is 2.02. The van der Waals surface area contributed by atoms with Crippen LogP contribution in [0.2, 0.25) is 5.02 Å². The molecule has 1 aromatic heterocycles. The number of hydrogen-bond donors (Lipinski definition) is 0. The van der Waals surface area contributed by atoms with Crippen LogP contribution in [0.25, 0.3) is 21.8 Å². The minimum absolute atomic E-state index is 0.706. The summed E-state index contributed by atoms with van der Waals surface area (Å²) in [6.45, 7) is 0. The van der Waals surface area contributed by atoms with Crippen LogP contribution in [0.15, 0.2) is 42.5 Å². The Balaban J connectivity index is 2.35. The van der Waals surface area contributed by atoms with Crippen molar-refractivity contribution in [3.05, 3.63) is 47.5 Å². The third-order valence-electron chi connectivity index (χ3n) is 2.78. The number of pyridine rings is 1. The minimum Gasteiger partial charge on any atom is -0.497 e. The Morgan fingerprint density at radius 1 is 0.941 bits per heavy atom. The Hall–Kier alpha value is -1.80. The molecule has 2 aromatic carbocycles. The number of hydrogen-bond acceptors (Lipinski definition) is 2. The van der Waals surface area contributed by atoms with Crippen molar-refractivity contribution in [2.24, 2.45) is 0 Å². The van der Waals surface area contributed by atoms with E-state index in [0.717, 1.165) is 27.6 Å². The van der Waals surface area contributed by atoms with Gasteiger partial charge in [0, 0.05) is 15.8 Å². The summed E-state index contributed by atoms with van der Waals surface area (Å²) in [6.07, 6.45) is 0. The number of benzene rings is 2. The first-order valence-corrected chi connectivity index (χ1v) is 5.68. The lowest BCUT2D eigenvalue weighted by molar-refractivity contribution is 0.415. The monoisotopic (exact) mass is 243 g/mol. The first-order chi connectivity index (χ1) is 8.26. The largest absolute Gasteiger partial charge is 0.497 e.